The van der Waals surface area contributed by atoms with Crippen LogP contribution in [0.3, 0.4) is 0 Å². The van der Waals surface area contributed by atoms with E-state index in [1.807, 2.05) is 30.0 Å². The second-order valence-corrected chi connectivity index (χ2v) is 5.00. The summed E-state index contributed by atoms with van der Waals surface area (Å²) in [5.74, 6) is 0.832. The molecule has 0 unspecified atom stereocenters. The molecule has 1 aromatic carbocycles. The minimum atomic E-state index is 0.0979. The van der Waals surface area contributed by atoms with Gasteiger partial charge in [-0.25, -0.2) is 0 Å². The average Bonchev–Trinajstić information content (AvgIpc) is 2.82. The van der Waals surface area contributed by atoms with Crippen molar-refractivity contribution in [3.05, 3.63) is 35.4 Å². The molecular formula is C15H18N2O2. The zero-order valence-corrected chi connectivity index (χ0v) is 11.3. The van der Waals surface area contributed by atoms with Crippen LogP contribution >= 0.6 is 0 Å². The Labute approximate surface area is 113 Å². The van der Waals surface area contributed by atoms with E-state index in [1.54, 1.807) is 7.11 Å². The molecule has 2 aliphatic heterocycles. The van der Waals surface area contributed by atoms with Crippen molar-refractivity contribution in [3.8, 4) is 5.75 Å². The summed E-state index contributed by atoms with van der Waals surface area (Å²) in [6.45, 7) is 3.56. The fraction of sp³-hybridized carbons (Fsp3) is 0.400. The molecule has 2 aliphatic rings. The molecule has 4 heteroatoms. The quantitative estimate of drug-likeness (QED) is 0.786. The molecule has 1 atom stereocenters. The predicted molar refractivity (Wildman–Crippen MR) is 74.7 cm³/mol. The molecule has 0 spiro atoms. The fourth-order valence-corrected chi connectivity index (χ4v) is 2.89. The smallest absolute Gasteiger partial charge is 0.256 e. The highest BCUT2D eigenvalue weighted by atomic mass is 16.5. The van der Waals surface area contributed by atoms with Gasteiger partial charge in [0.05, 0.1) is 24.4 Å². The van der Waals surface area contributed by atoms with Gasteiger partial charge in [0.15, 0.2) is 0 Å². The number of carbonyl (C=O) groups is 1. The Hall–Kier alpha value is -1.97. The highest BCUT2D eigenvalue weighted by Crippen LogP contribution is 2.35. The lowest BCUT2D eigenvalue weighted by molar-refractivity contribution is 0.0753. The van der Waals surface area contributed by atoms with Gasteiger partial charge >= 0.3 is 0 Å². The number of rotatable bonds is 1. The van der Waals surface area contributed by atoms with Crippen molar-refractivity contribution < 1.29 is 9.53 Å². The molecule has 19 heavy (non-hydrogen) atoms. The number of hydrogen-bond donors (Lipinski definition) is 1. The fourth-order valence-electron chi connectivity index (χ4n) is 2.89. The summed E-state index contributed by atoms with van der Waals surface area (Å²) in [5.41, 5.74) is 2.87. The third kappa shape index (κ3) is 1.87. The molecule has 4 nitrogen and oxygen atoms in total. The zero-order chi connectivity index (χ0) is 13.4. The van der Waals surface area contributed by atoms with Gasteiger partial charge in [-0.15, -0.1) is 0 Å². The van der Waals surface area contributed by atoms with Gasteiger partial charge in [-0.1, -0.05) is 17.7 Å². The number of amides is 1. The van der Waals surface area contributed by atoms with E-state index in [0.717, 1.165) is 30.9 Å². The Morgan fingerprint density at radius 1 is 1.47 bits per heavy atom. The average molecular weight is 258 g/mol. The first-order chi connectivity index (χ1) is 9.24. The first kappa shape index (κ1) is 12.1. The summed E-state index contributed by atoms with van der Waals surface area (Å²) < 4.78 is 5.34. The maximum Gasteiger partial charge on any atom is 0.256 e. The maximum absolute atomic E-state index is 12.7. The van der Waals surface area contributed by atoms with Crippen molar-refractivity contribution in [1.82, 2.24) is 4.90 Å². The van der Waals surface area contributed by atoms with Gasteiger partial charge in [-0.05, 0) is 25.5 Å². The highest BCUT2D eigenvalue weighted by Gasteiger charge is 2.35. The minimum absolute atomic E-state index is 0.0979. The highest BCUT2D eigenvalue weighted by molar-refractivity contribution is 6.02. The molecule has 3 rings (SSSR count). The normalized spacial score (nSPS) is 23.7. The number of anilines is 1. The first-order valence-electron chi connectivity index (χ1n) is 6.60. The Morgan fingerprint density at radius 2 is 2.32 bits per heavy atom. The molecule has 0 saturated carbocycles. The number of fused-ring (bicyclic) bond motifs is 2. The molecule has 0 radical (unpaired) electrons. The van der Waals surface area contributed by atoms with Crippen molar-refractivity contribution in [2.75, 3.05) is 25.5 Å². The minimum Gasteiger partial charge on any atom is -0.495 e. The molecule has 1 aromatic rings. The van der Waals surface area contributed by atoms with Gasteiger partial charge in [0.25, 0.3) is 5.91 Å². The molecule has 100 valence electrons. The molecule has 1 fully saturated rings. The summed E-state index contributed by atoms with van der Waals surface area (Å²) in [6.07, 6.45) is 3.08. The summed E-state index contributed by atoms with van der Waals surface area (Å²) in [7, 11) is 1.63. The van der Waals surface area contributed by atoms with Crippen LogP contribution in [0.5, 0.6) is 5.75 Å². The van der Waals surface area contributed by atoms with Crippen LogP contribution in [-0.2, 0) is 0 Å². The number of nitrogens with one attached hydrogen (secondary N) is 1. The van der Waals surface area contributed by atoms with Gasteiger partial charge in [0, 0.05) is 13.1 Å². The second kappa shape index (κ2) is 4.61. The van der Waals surface area contributed by atoms with Crippen LogP contribution in [0.2, 0.25) is 0 Å². The third-order valence-electron chi connectivity index (χ3n) is 3.97. The number of para-hydroxylation sites is 1. The summed E-state index contributed by atoms with van der Waals surface area (Å²) >= 11 is 0. The Balaban J connectivity index is 2.02. The molecule has 1 N–H and O–H groups in total. The molecule has 0 bridgehead atoms. The molecule has 1 amide bonds. The van der Waals surface area contributed by atoms with Crippen LogP contribution in [0.15, 0.2) is 29.8 Å². The predicted octanol–water partition coefficient (Wildman–Crippen LogP) is 2.28. The van der Waals surface area contributed by atoms with Gasteiger partial charge in [-0.3, -0.25) is 4.79 Å². The van der Waals surface area contributed by atoms with Crippen molar-refractivity contribution in [1.29, 1.82) is 0 Å². The van der Waals surface area contributed by atoms with Crippen molar-refractivity contribution in [2.45, 2.75) is 19.4 Å². The molecule has 0 aromatic heterocycles. The van der Waals surface area contributed by atoms with E-state index >= 15 is 0 Å². The lowest BCUT2D eigenvalue weighted by Gasteiger charge is -2.20. The number of benzene rings is 1. The van der Waals surface area contributed by atoms with Crippen molar-refractivity contribution >= 4 is 11.6 Å². The van der Waals surface area contributed by atoms with Crippen LogP contribution in [0.1, 0.15) is 23.7 Å². The van der Waals surface area contributed by atoms with Crippen LogP contribution in [0.25, 0.3) is 0 Å². The Bertz CT molecular complexity index is 551. The van der Waals surface area contributed by atoms with Gasteiger partial charge < -0.3 is 15.0 Å². The van der Waals surface area contributed by atoms with E-state index in [4.69, 9.17) is 4.74 Å². The lowest BCUT2D eigenvalue weighted by Crippen LogP contribution is -2.36. The topological polar surface area (TPSA) is 41.6 Å². The van der Waals surface area contributed by atoms with Crippen molar-refractivity contribution in [3.63, 3.8) is 0 Å². The van der Waals surface area contributed by atoms with E-state index in [-0.39, 0.29) is 11.9 Å². The molecule has 1 saturated heterocycles. The number of methoxy groups -OCH3 is 1. The largest absolute Gasteiger partial charge is 0.495 e. The van der Waals surface area contributed by atoms with Gasteiger partial charge in [0.1, 0.15) is 5.75 Å². The number of carbonyl (C=O) groups excluding carboxylic acids is 1. The van der Waals surface area contributed by atoms with E-state index in [0.29, 0.717) is 5.56 Å². The molecule has 0 aliphatic carbocycles. The van der Waals surface area contributed by atoms with Crippen LogP contribution in [0, 0.1) is 0 Å². The Kier molecular flexibility index (Phi) is 2.93. The molecule has 2 heterocycles. The second-order valence-electron chi connectivity index (χ2n) is 5.00. The van der Waals surface area contributed by atoms with Crippen LogP contribution in [0.4, 0.5) is 5.69 Å². The summed E-state index contributed by atoms with van der Waals surface area (Å²) in [6, 6.07) is 5.86. The number of nitrogens with zero attached hydrogens (tertiary/aromatic N) is 1. The van der Waals surface area contributed by atoms with Crippen molar-refractivity contribution in [2.24, 2.45) is 0 Å². The summed E-state index contributed by atoms with van der Waals surface area (Å²) in [5, 5.41) is 3.38. The van der Waals surface area contributed by atoms with Gasteiger partial charge in [0.2, 0.25) is 0 Å². The number of ether oxygens (including phenoxy) is 1. The standard InChI is InChI=1S/C15H18N2O2/c1-3-10-7-11-8-16-14-12(15(18)17(11)9-10)5-4-6-13(14)19-2/h3-6,11,16H,7-9H2,1-2H3/t11-/m0/s1. The Morgan fingerprint density at radius 3 is 3.05 bits per heavy atom. The van der Waals surface area contributed by atoms with E-state index in [9.17, 15) is 4.79 Å². The van der Waals surface area contributed by atoms with Gasteiger partial charge in [-0.2, -0.15) is 0 Å². The van der Waals surface area contributed by atoms with Crippen LogP contribution < -0.4 is 10.1 Å². The number of hydrogen-bond acceptors (Lipinski definition) is 3. The zero-order valence-electron chi connectivity index (χ0n) is 11.3. The lowest BCUT2D eigenvalue weighted by atomic mass is 10.1. The monoisotopic (exact) mass is 258 g/mol. The third-order valence-corrected chi connectivity index (χ3v) is 3.97. The van der Waals surface area contributed by atoms with E-state index in [1.165, 1.54) is 5.57 Å². The summed E-state index contributed by atoms with van der Waals surface area (Å²) in [4.78, 5) is 14.6. The maximum atomic E-state index is 12.7. The van der Waals surface area contributed by atoms with E-state index in [2.05, 4.69) is 11.4 Å². The first-order valence-corrected chi connectivity index (χ1v) is 6.60. The van der Waals surface area contributed by atoms with Crippen LogP contribution in [-0.4, -0.2) is 37.0 Å². The number of allylic oxidation sites excluding steroid dienone is 1. The van der Waals surface area contributed by atoms with E-state index < -0.39 is 0 Å². The SMILES string of the molecule is CC=C1C[C@H]2CNc3c(OC)cccc3C(=O)N2C1. The molecular weight excluding hydrogens is 240 g/mol.